The Balaban J connectivity index is 1.69. The van der Waals surface area contributed by atoms with Crippen LogP contribution in [0.5, 0.6) is 0 Å². The Hall–Kier alpha value is -1.74. The number of carbonyl (C=O) groups excluding carboxylic acids is 1. The largest absolute Gasteiger partial charge is 0.292 e. The van der Waals surface area contributed by atoms with Gasteiger partial charge in [-0.15, -0.1) is 34.0 Å². The quantitative estimate of drug-likeness (QED) is 0.228. The summed E-state index contributed by atoms with van der Waals surface area (Å²) in [5, 5.41) is 5.29. The Labute approximate surface area is 172 Å². The van der Waals surface area contributed by atoms with Crippen LogP contribution in [-0.4, -0.2) is 21.1 Å². The second kappa shape index (κ2) is 7.71. The van der Waals surface area contributed by atoms with Gasteiger partial charge in [-0.25, -0.2) is 4.98 Å². The van der Waals surface area contributed by atoms with Gasteiger partial charge in [0.05, 0.1) is 16.0 Å². The highest BCUT2D eigenvalue weighted by Gasteiger charge is 2.18. The Morgan fingerprint density at radius 1 is 1.26 bits per heavy atom. The minimum Gasteiger partial charge on any atom is -0.292 e. The van der Waals surface area contributed by atoms with Crippen molar-refractivity contribution in [1.82, 2.24) is 9.55 Å². The zero-order chi connectivity index (χ0) is 19.0. The fourth-order valence-corrected chi connectivity index (χ4v) is 6.44. The van der Waals surface area contributed by atoms with Crippen LogP contribution >= 0.6 is 45.8 Å². The fraction of sp³-hybridized carbons (Fsp3) is 0.211. The van der Waals surface area contributed by atoms with Crippen LogP contribution < -0.4 is 5.56 Å². The van der Waals surface area contributed by atoms with Crippen molar-refractivity contribution in [3.63, 3.8) is 0 Å². The van der Waals surface area contributed by atoms with Crippen LogP contribution in [0.2, 0.25) is 0 Å². The smallest absolute Gasteiger partial charge is 0.263 e. The van der Waals surface area contributed by atoms with Crippen LogP contribution in [-0.2, 0) is 6.54 Å². The van der Waals surface area contributed by atoms with E-state index in [1.54, 1.807) is 15.9 Å². The summed E-state index contributed by atoms with van der Waals surface area (Å²) < 4.78 is 1.67. The monoisotopic (exact) mass is 432 g/mol. The molecule has 0 bridgehead atoms. The van der Waals surface area contributed by atoms with Gasteiger partial charge >= 0.3 is 0 Å². The van der Waals surface area contributed by atoms with Gasteiger partial charge in [-0.2, -0.15) is 0 Å². The van der Waals surface area contributed by atoms with E-state index >= 15 is 0 Å². The third kappa shape index (κ3) is 3.54. The topological polar surface area (TPSA) is 52.0 Å². The first-order chi connectivity index (χ1) is 13.1. The zero-order valence-corrected chi connectivity index (χ0v) is 18.0. The Kier molecular flexibility index (Phi) is 5.32. The lowest BCUT2D eigenvalue weighted by Gasteiger charge is -2.09. The van der Waals surface area contributed by atoms with Crippen molar-refractivity contribution in [2.45, 2.75) is 25.5 Å². The molecule has 4 rings (SSSR count). The number of thioether (sulfide) groups is 1. The zero-order valence-electron chi connectivity index (χ0n) is 14.7. The van der Waals surface area contributed by atoms with E-state index in [1.165, 1.54) is 34.4 Å². The molecule has 0 aliphatic carbocycles. The van der Waals surface area contributed by atoms with E-state index in [0.717, 1.165) is 25.0 Å². The third-order valence-electron chi connectivity index (χ3n) is 4.11. The van der Waals surface area contributed by atoms with Crippen molar-refractivity contribution in [1.29, 1.82) is 0 Å². The van der Waals surface area contributed by atoms with Crippen LogP contribution in [0.1, 0.15) is 21.5 Å². The SMILES string of the molecule is CCn1c(SCC(=O)c2ccc(C)s2)nc2scc(-c3cccs3)c2c1=O. The van der Waals surface area contributed by atoms with E-state index in [-0.39, 0.29) is 17.1 Å². The summed E-state index contributed by atoms with van der Waals surface area (Å²) in [7, 11) is 0. The van der Waals surface area contributed by atoms with Gasteiger partial charge in [0.2, 0.25) is 0 Å². The summed E-state index contributed by atoms with van der Waals surface area (Å²) in [5.74, 6) is 0.349. The standard InChI is InChI=1S/C19H16N2O2S4/c1-3-21-18(23)16-12(14-5-4-8-24-14)9-25-17(16)20-19(21)26-10-13(22)15-7-6-11(2)27-15/h4-9H,3,10H2,1-2H3. The number of aryl methyl sites for hydroxylation is 1. The van der Waals surface area contributed by atoms with Gasteiger partial charge < -0.3 is 0 Å². The van der Waals surface area contributed by atoms with Crippen LogP contribution in [0.25, 0.3) is 20.7 Å². The molecule has 4 aromatic heterocycles. The van der Waals surface area contributed by atoms with E-state index in [1.807, 2.05) is 48.9 Å². The van der Waals surface area contributed by atoms with Crippen LogP contribution in [0.4, 0.5) is 0 Å². The van der Waals surface area contributed by atoms with Gasteiger partial charge in [0.25, 0.3) is 5.56 Å². The first kappa shape index (κ1) is 18.6. The number of nitrogens with zero attached hydrogens (tertiary/aromatic N) is 2. The summed E-state index contributed by atoms with van der Waals surface area (Å²) in [6.07, 6.45) is 0. The summed E-state index contributed by atoms with van der Waals surface area (Å²) in [5.41, 5.74) is 0.917. The highest BCUT2D eigenvalue weighted by molar-refractivity contribution is 7.99. The molecule has 4 heterocycles. The molecule has 0 fully saturated rings. The van der Waals surface area contributed by atoms with Gasteiger partial charge in [0.1, 0.15) is 4.83 Å². The Morgan fingerprint density at radius 3 is 2.78 bits per heavy atom. The van der Waals surface area contributed by atoms with Gasteiger partial charge in [-0.1, -0.05) is 17.8 Å². The summed E-state index contributed by atoms with van der Waals surface area (Å²) in [4.78, 5) is 33.9. The van der Waals surface area contributed by atoms with E-state index < -0.39 is 0 Å². The molecule has 27 heavy (non-hydrogen) atoms. The molecule has 0 saturated heterocycles. The number of carbonyl (C=O) groups is 1. The molecular weight excluding hydrogens is 416 g/mol. The fourth-order valence-electron chi connectivity index (χ4n) is 2.79. The van der Waals surface area contributed by atoms with Crippen molar-refractivity contribution in [2.75, 3.05) is 5.75 Å². The molecule has 0 unspecified atom stereocenters. The van der Waals surface area contributed by atoms with Crippen molar-refractivity contribution in [3.05, 3.63) is 55.1 Å². The predicted molar refractivity (Wildman–Crippen MR) is 117 cm³/mol. The molecule has 0 amide bonds. The highest BCUT2D eigenvalue weighted by Crippen LogP contribution is 2.34. The van der Waals surface area contributed by atoms with E-state index in [0.29, 0.717) is 17.1 Å². The van der Waals surface area contributed by atoms with Crippen molar-refractivity contribution in [2.24, 2.45) is 0 Å². The van der Waals surface area contributed by atoms with Gasteiger partial charge in [0.15, 0.2) is 10.9 Å². The number of hydrogen-bond acceptors (Lipinski definition) is 7. The number of fused-ring (bicyclic) bond motifs is 1. The first-order valence-corrected chi connectivity index (χ1v) is 11.9. The van der Waals surface area contributed by atoms with Gasteiger partial charge in [-0.3, -0.25) is 14.2 Å². The first-order valence-electron chi connectivity index (χ1n) is 8.36. The average molecular weight is 433 g/mol. The minimum absolute atomic E-state index is 0.0333. The third-order valence-corrected chi connectivity index (χ3v) is 7.90. The number of rotatable bonds is 6. The average Bonchev–Trinajstić information content (AvgIpc) is 3.39. The molecule has 0 radical (unpaired) electrons. The van der Waals surface area contributed by atoms with Crippen LogP contribution in [0, 0.1) is 6.92 Å². The maximum absolute atomic E-state index is 13.1. The molecule has 0 atom stereocenters. The maximum atomic E-state index is 13.1. The molecule has 0 aliphatic heterocycles. The molecule has 4 aromatic rings. The molecular formula is C19H16N2O2S4. The van der Waals surface area contributed by atoms with Crippen molar-refractivity contribution >= 4 is 61.8 Å². The molecule has 0 spiro atoms. The van der Waals surface area contributed by atoms with Crippen LogP contribution in [0.3, 0.4) is 0 Å². The highest BCUT2D eigenvalue weighted by atomic mass is 32.2. The molecule has 0 aromatic carbocycles. The number of hydrogen-bond donors (Lipinski definition) is 0. The Morgan fingerprint density at radius 2 is 2.11 bits per heavy atom. The van der Waals surface area contributed by atoms with Gasteiger partial charge in [-0.05, 0) is 37.4 Å². The van der Waals surface area contributed by atoms with E-state index in [4.69, 9.17) is 4.98 Å². The summed E-state index contributed by atoms with van der Waals surface area (Å²) in [6.45, 7) is 4.44. The lowest BCUT2D eigenvalue weighted by molar-refractivity contribution is 0.102. The lowest BCUT2D eigenvalue weighted by Crippen LogP contribution is -2.22. The predicted octanol–water partition coefficient (Wildman–Crippen LogP) is 5.55. The van der Waals surface area contributed by atoms with E-state index in [2.05, 4.69) is 0 Å². The van der Waals surface area contributed by atoms with Crippen molar-refractivity contribution < 1.29 is 4.79 Å². The lowest BCUT2D eigenvalue weighted by atomic mass is 10.2. The van der Waals surface area contributed by atoms with Crippen molar-refractivity contribution in [3.8, 4) is 10.4 Å². The molecule has 138 valence electrons. The minimum atomic E-state index is -0.0333. The molecule has 0 saturated carbocycles. The van der Waals surface area contributed by atoms with Crippen LogP contribution in [0.15, 0.2) is 45.0 Å². The molecule has 0 aliphatic rings. The number of ketones is 1. The van der Waals surface area contributed by atoms with E-state index in [9.17, 15) is 9.59 Å². The number of aromatic nitrogens is 2. The molecule has 8 heteroatoms. The van der Waals surface area contributed by atoms with Gasteiger partial charge in [0, 0.05) is 27.2 Å². The second-order valence-electron chi connectivity index (χ2n) is 5.87. The number of Topliss-reactive ketones (excluding diaryl/α,β-unsaturated/α-hetero) is 1. The maximum Gasteiger partial charge on any atom is 0.263 e. The Bertz CT molecular complexity index is 1170. The second-order valence-corrected chi connectivity index (χ2v) is 9.91. The number of thiophene rings is 3. The molecule has 4 nitrogen and oxygen atoms in total. The molecule has 0 N–H and O–H groups in total. The normalized spacial score (nSPS) is 11.3. The summed E-state index contributed by atoms with van der Waals surface area (Å²) >= 11 is 5.93. The summed E-state index contributed by atoms with van der Waals surface area (Å²) in [6, 6.07) is 7.81.